The van der Waals surface area contributed by atoms with Crippen LogP contribution in [-0.4, -0.2) is 0 Å². The molecule has 0 atom stereocenters. The van der Waals surface area contributed by atoms with E-state index in [0.717, 1.165) is 17.9 Å². The van der Waals surface area contributed by atoms with E-state index in [9.17, 15) is 0 Å². The molecule has 3 rings (SSSR count). The lowest BCUT2D eigenvalue weighted by molar-refractivity contribution is 0.482. The van der Waals surface area contributed by atoms with Crippen LogP contribution in [0.2, 0.25) is 0 Å². The number of ether oxygens (including phenoxy) is 1. The van der Waals surface area contributed by atoms with E-state index >= 15 is 0 Å². The van der Waals surface area contributed by atoms with E-state index in [4.69, 9.17) is 4.74 Å². The van der Waals surface area contributed by atoms with Crippen molar-refractivity contribution in [2.75, 3.05) is 0 Å². The van der Waals surface area contributed by atoms with E-state index in [-0.39, 0.29) is 5.41 Å². The van der Waals surface area contributed by atoms with Crippen LogP contribution in [0, 0.1) is 6.92 Å². The van der Waals surface area contributed by atoms with Gasteiger partial charge < -0.3 is 4.74 Å². The zero-order valence-electron chi connectivity index (χ0n) is 15.8. The monoisotopic (exact) mass is 342 g/mol. The fourth-order valence-corrected chi connectivity index (χ4v) is 2.93. The number of hydrogen-bond donors (Lipinski definition) is 0. The van der Waals surface area contributed by atoms with Crippen molar-refractivity contribution < 1.29 is 4.74 Å². The van der Waals surface area contributed by atoms with Gasteiger partial charge in [-0.25, -0.2) is 0 Å². The molecule has 0 aliphatic rings. The predicted molar refractivity (Wildman–Crippen MR) is 110 cm³/mol. The fraction of sp³-hybridized carbons (Fsp3) is 0.200. The van der Waals surface area contributed by atoms with E-state index in [0.29, 0.717) is 0 Å². The minimum atomic E-state index is 0.0197. The highest BCUT2D eigenvalue weighted by atomic mass is 16.5. The number of benzene rings is 3. The summed E-state index contributed by atoms with van der Waals surface area (Å²) in [7, 11) is 0. The lowest BCUT2D eigenvalue weighted by Crippen LogP contribution is -2.13. The van der Waals surface area contributed by atoms with Crippen molar-refractivity contribution in [2.24, 2.45) is 0 Å². The quantitative estimate of drug-likeness (QED) is 0.444. The fourth-order valence-electron chi connectivity index (χ4n) is 2.93. The van der Waals surface area contributed by atoms with Crippen LogP contribution in [0.3, 0.4) is 0 Å². The van der Waals surface area contributed by atoms with Gasteiger partial charge in [0, 0.05) is 5.41 Å². The molecule has 0 amide bonds. The molecule has 3 aromatic rings. The lowest BCUT2D eigenvalue weighted by Gasteiger charge is -2.21. The average molecular weight is 342 g/mol. The molecule has 0 aliphatic heterocycles. The van der Waals surface area contributed by atoms with Crippen molar-refractivity contribution in [2.45, 2.75) is 32.6 Å². The molecule has 0 heterocycles. The van der Waals surface area contributed by atoms with Gasteiger partial charge >= 0.3 is 0 Å². The Balaban J connectivity index is 1.66. The topological polar surface area (TPSA) is 9.23 Å². The second-order valence-electron chi connectivity index (χ2n) is 7.26. The van der Waals surface area contributed by atoms with Crippen molar-refractivity contribution in [3.63, 3.8) is 0 Å². The Morgan fingerprint density at radius 1 is 0.808 bits per heavy atom. The van der Waals surface area contributed by atoms with Crippen LogP contribution in [0.4, 0.5) is 0 Å². The van der Waals surface area contributed by atoms with Gasteiger partial charge in [0.05, 0.1) is 0 Å². The van der Waals surface area contributed by atoms with Crippen molar-refractivity contribution in [3.05, 3.63) is 108 Å². The van der Waals surface area contributed by atoms with E-state index in [1.54, 1.807) is 0 Å². The third-order valence-electron chi connectivity index (χ3n) is 4.56. The number of para-hydroxylation sites is 1. The molecular weight excluding hydrogens is 316 g/mol. The van der Waals surface area contributed by atoms with Gasteiger partial charge in [-0.05, 0) is 48.7 Å². The Hall–Kier alpha value is -2.80. The summed E-state index contributed by atoms with van der Waals surface area (Å²) in [4.78, 5) is 0. The maximum atomic E-state index is 5.92. The summed E-state index contributed by atoms with van der Waals surface area (Å²) in [6.07, 6.45) is 5.44. The minimum Gasteiger partial charge on any atom is -0.457 e. The van der Waals surface area contributed by atoms with E-state index < -0.39 is 0 Å². The molecule has 0 saturated carbocycles. The molecule has 132 valence electrons. The van der Waals surface area contributed by atoms with Crippen LogP contribution in [-0.2, 0) is 11.8 Å². The molecule has 1 nitrogen and oxygen atoms in total. The first-order valence-electron chi connectivity index (χ1n) is 9.10. The van der Waals surface area contributed by atoms with Crippen LogP contribution in [0.25, 0.3) is 0 Å². The van der Waals surface area contributed by atoms with Crippen molar-refractivity contribution in [1.82, 2.24) is 0 Å². The van der Waals surface area contributed by atoms with Gasteiger partial charge in [-0.15, -0.1) is 0 Å². The molecule has 1 heteroatoms. The van der Waals surface area contributed by atoms with Crippen LogP contribution in [0.15, 0.2) is 91.0 Å². The zero-order valence-corrected chi connectivity index (χ0v) is 15.8. The van der Waals surface area contributed by atoms with Gasteiger partial charge in [-0.2, -0.15) is 0 Å². The zero-order chi connectivity index (χ0) is 18.4. The van der Waals surface area contributed by atoms with E-state index in [1.165, 1.54) is 16.7 Å². The third kappa shape index (κ3) is 4.86. The van der Waals surface area contributed by atoms with Crippen molar-refractivity contribution in [1.29, 1.82) is 0 Å². The number of aryl methyl sites for hydroxylation is 1. The van der Waals surface area contributed by atoms with Gasteiger partial charge in [0.15, 0.2) is 0 Å². The molecule has 0 N–H and O–H groups in total. The van der Waals surface area contributed by atoms with E-state index in [2.05, 4.69) is 69.3 Å². The second-order valence-corrected chi connectivity index (χ2v) is 7.26. The molecule has 0 spiro atoms. The van der Waals surface area contributed by atoms with Gasteiger partial charge in [-0.3, -0.25) is 0 Å². The molecular formula is C25H26O. The summed E-state index contributed by atoms with van der Waals surface area (Å²) >= 11 is 0. The van der Waals surface area contributed by atoms with Gasteiger partial charge in [0.2, 0.25) is 0 Å². The Kier molecular flexibility index (Phi) is 5.58. The summed E-state index contributed by atoms with van der Waals surface area (Å²) < 4.78 is 5.92. The SMILES string of the molecule is Cc1ccc(C(C)(C)/C=C/Cc2cccc(Oc3ccccc3)c2)cc1. The van der Waals surface area contributed by atoms with E-state index in [1.807, 2.05) is 42.5 Å². The maximum Gasteiger partial charge on any atom is 0.127 e. The minimum absolute atomic E-state index is 0.0197. The Morgan fingerprint density at radius 2 is 1.50 bits per heavy atom. The first kappa shape index (κ1) is 18.0. The van der Waals surface area contributed by atoms with Crippen molar-refractivity contribution >= 4 is 0 Å². The average Bonchev–Trinajstić information content (AvgIpc) is 2.63. The van der Waals surface area contributed by atoms with Crippen LogP contribution in [0.5, 0.6) is 11.5 Å². The van der Waals surface area contributed by atoms with Gasteiger partial charge in [0.1, 0.15) is 11.5 Å². The summed E-state index contributed by atoms with van der Waals surface area (Å²) in [5.41, 5.74) is 3.89. The summed E-state index contributed by atoms with van der Waals surface area (Å²) in [5, 5.41) is 0. The molecule has 0 saturated heterocycles. The molecule has 3 aromatic carbocycles. The number of allylic oxidation sites excluding steroid dienone is 2. The summed E-state index contributed by atoms with van der Waals surface area (Å²) in [6, 6.07) is 27.0. The predicted octanol–water partition coefficient (Wildman–Crippen LogP) is 6.86. The first-order chi connectivity index (χ1) is 12.5. The van der Waals surface area contributed by atoms with Gasteiger partial charge in [0.25, 0.3) is 0 Å². The number of rotatable bonds is 6. The molecule has 0 aromatic heterocycles. The van der Waals surface area contributed by atoms with Crippen LogP contribution in [0.1, 0.15) is 30.5 Å². The molecule has 26 heavy (non-hydrogen) atoms. The Morgan fingerprint density at radius 3 is 2.23 bits per heavy atom. The Bertz CT molecular complexity index is 858. The molecule has 0 bridgehead atoms. The Labute approximate surface area is 157 Å². The third-order valence-corrected chi connectivity index (χ3v) is 4.56. The molecule has 0 unspecified atom stereocenters. The lowest BCUT2D eigenvalue weighted by atomic mass is 9.83. The standard InChI is InChI=1S/C25H26O/c1-20-14-16-22(17-15-20)25(2,3)18-8-10-21-9-7-13-24(19-21)26-23-11-5-4-6-12-23/h4-9,11-19H,10H2,1-3H3/b18-8+. The smallest absolute Gasteiger partial charge is 0.127 e. The largest absolute Gasteiger partial charge is 0.457 e. The summed E-state index contributed by atoms with van der Waals surface area (Å²) in [6.45, 7) is 6.63. The molecule has 0 radical (unpaired) electrons. The highest BCUT2D eigenvalue weighted by molar-refractivity contribution is 5.35. The highest BCUT2D eigenvalue weighted by Crippen LogP contribution is 2.26. The highest BCUT2D eigenvalue weighted by Gasteiger charge is 2.16. The summed E-state index contributed by atoms with van der Waals surface area (Å²) in [5.74, 6) is 1.74. The number of hydrogen-bond acceptors (Lipinski definition) is 1. The second kappa shape index (κ2) is 8.05. The van der Waals surface area contributed by atoms with Crippen molar-refractivity contribution in [3.8, 4) is 11.5 Å². The van der Waals surface area contributed by atoms with Gasteiger partial charge in [-0.1, -0.05) is 86.2 Å². The maximum absolute atomic E-state index is 5.92. The molecule has 0 aliphatic carbocycles. The van der Waals surface area contributed by atoms with Crippen LogP contribution >= 0.6 is 0 Å². The molecule has 0 fully saturated rings. The normalized spacial score (nSPS) is 11.7. The first-order valence-corrected chi connectivity index (χ1v) is 9.10. The van der Waals surface area contributed by atoms with Crippen LogP contribution < -0.4 is 4.74 Å².